The molecule has 0 saturated carbocycles. The van der Waals surface area contributed by atoms with E-state index < -0.39 is 15.6 Å². The van der Waals surface area contributed by atoms with Crippen LogP contribution in [0, 0.1) is 5.92 Å². The largest absolute Gasteiger partial charge is 0.389 e. The first kappa shape index (κ1) is 19.2. The molecule has 1 rings (SSSR count). The Morgan fingerprint density at radius 3 is 2.24 bits per heavy atom. The van der Waals surface area contributed by atoms with Gasteiger partial charge in [-0.1, -0.05) is 53.0 Å². The molecule has 0 aliphatic heterocycles. The lowest BCUT2D eigenvalue weighted by Gasteiger charge is -2.25. The standard InChI is InChI=1S/C13H18BrCl2NO3S/c1-8(2)6-13(3,18)7-17-21(19,20)12-10(15)4-9(14)5-11(12)16/h4-5,8,17-18H,6-7H2,1-3H3. The number of nitrogens with one attached hydrogen (secondary N) is 1. The Morgan fingerprint density at radius 1 is 1.33 bits per heavy atom. The highest BCUT2D eigenvalue weighted by atomic mass is 79.9. The van der Waals surface area contributed by atoms with Crippen molar-refractivity contribution in [3.05, 3.63) is 26.7 Å². The Balaban J connectivity index is 2.98. The third-order valence-electron chi connectivity index (χ3n) is 2.72. The maximum atomic E-state index is 12.3. The first-order chi connectivity index (χ1) is 9.44. The van der Waals surface area contributed by atoms with Crippen molar-refractivity contribution in [1.82, 2.24) is 4.72 Å². The fraction of sp³-hybridized carbons (Fsp3) is 0.538. The second-order valence-electron chi connectivity index (χ2n) is 5.62. The Morgan fingerprint density at radius 2 is 1.81 bits per heavy atom. The molecule has 0 fully saturated rings. The summed E-state index contributed by atoms with van der Waals surface area (Å²) in [6.07, 6.45) is 0.470. The lowest BCUT2D eigenvalue weighted by molar-refractivity contribution is 0.0437. The molecule has 21 heavy (non-hydrogen) atoms. The molecule has 0 aliphatic rings. The summed E-state index contributed by atoms with van der Waals surface area (Å²) in [5, 5.41) is 10.2. The summed E-state index contributed by atoms with van der Waals surface area (Å²) < 4.78 is 27.6. The summed E-state index contributed by atoms with van der Waals surface area (Å²) in [6, 6.07) is 2.91. The predicted octanol–water partition coefficient (Wildman–Crippen LogP) is 3.83. The lowest BCUT2D eigenvalue weighted by atomic mass is 9.95. The normalized spacial score (nSPS) is 15.2. The SMILES string of the molecule is CC(C)CC(C)(O)CNS(=O)(=O)c1c(Cl)cc(Br)cc1Cl. The molecule has 0 bridgehead atoms. The Hall–Kier alpha value is 0.150. The van der Waals surface area contributed by atoms with Crippen LogP contribution in [0.15, 0.2) is 21.5 Å². The van der Waals surface area contributed by atoms with Gasteiger partial charge in [0.2, 0.25) is 10.0 Å². The van der Waals surface area contributed by atoms with E-state index >= 15 is 0 Å². The molecule has 0 aromatic heterocycles. The summed E-state index contributed by atoms with van der Waals surface area (Å²) in [7, 11) is -3.90. The number of hydrogen-bond acceptors (Lipinski definition) is 3. The van der Waals surface area contributed by atoms with Gasteiger partial charge >= 0.3 is 0 Å². The number of hydrogen-bond donors (Lipinski definition) is 2. The van der Waals surface area contributed by atoms with Crippen LogP contribution in [0.3, 0.4) is 0 Å². The van der Waals surface area contributed by atoms with Crippen LogP contribution in [0.4, 0.5) is 0 Å². The number of aliphatic hydroxyl groups is 1. The highest BCUT2D eigenvalue weighted by Crippen LogP contribution is 2.32. The first-order valence-corrected chi connectivity index (χ1v) is 9.34. The zero-order chi connectivity index (χ0) is 16.4. The predicted molar refractivity (Wildman–Crippen MR) is 89.4 cm³/mol. The molecule has 0 aliphatic carbocycles. The zero-order valence-electron chi connectivity index (χ0n) is 12.0. The fourth-order valence-electron chi connectivity index (χ4n) is 2.06. The summed E-state index contributed by atoms with van der Waals surface area (Å²) in [5.74, 6) is 0.240. The van der Waals surface area contributed by atoms with Crippen molar-refractivity contribution >= 4 is 49.2 Å². The van der Waals surface area contributed by atoms with Crippen LogP contribution in [0.5, 0.6) is 0 Å². The topological polar surface area (TPSA) is 66.4 Å². The van der Waals surface area contributed by atoms with Crippen LogP contribution in [0.25, 0.3) is 0 Å². The first-order valence-electron chi connectivity index (χ1n) is 6.31. The van der Waals surface area contributed by atoms with E-state index in [0.29, 0.717) is 10.9 Å². The quantitative estimate of drug-likeness (QED) is 0.737. The van der Waals surface area contributed by atoms with Crippen molar-refractivity contribution in [3.8, 4) is 0 Å². The maximum absolute atomic E-state index is 12.3. The molecule has 0 heterocycles. The summed E-state index contributed by atoms with van der Waals surface area (Å²) >= 11 is 15.1. The molecule has 0 saturated heterocycles. The van der Waals surface area contributed by atoms with Crippen LogP contribution in [0.1, 0.15) is 27.2 Å². The molecule has 2 N–H and O–H groups in total. The van der Waals surface area contributed by atoms with Crippen molar-refractivity contribution in [2.75, 3.05) is 6.54 Å². The van der Waals surface area contributed by atoms with Gasteiger partial charge in [-0.05, 0) is 31.4 Å². The maximum Gasteiger partial charge on any atom is 0.243 e. The van der Waals surface area contributed by atoms with Gasteiger partial charge in [-0.3, -0.25) is 0 Å². The Kier molecular flexibility index (Phi) is 6.54. The molecular weight excluding hydrogens is 401 g/mol. The van der Waals surface area contributed by atoms with Crippen molar-refractivity contribution < 1.29 is 13.5 Å². The minimum Gasteiger partial charge on any atom is -0.389 e. The molecule has 1 atom stereocenters. The van der Waals surface area contributed by atoms with Gasteiger partial charge in [0, 0.05) is 11.0 Å². The number of benzene rings is 1. The highest BCUT2D eigenvalue weighted by molar-refractivity contribution is 9.10. The van der Waals surface area contributed by atoms with Crippen LogP contribution < -0.4 is 4.72 Å². The van der Waals surface area contributed by atoms with Gasteiger partial charge in [0.1, 0.15) is 4.90 Å². The average molecular weight is 419 g/mol. The molecule has 8 heteroatoms. The number of sulfonamides is 1. The third-order valence-corrected chi connectivity index (χ3v) is 5.50. The average Bonchev–Trinajstić information content (AvgIpc) is 2.23. The molecule has 1 aromatic rings. The smallest absolute Gasteiger partial charge is 0.243 e. The van der Waals surface area contributed by atoms with Crippen LogP contribution in [-0.4, -0.2) is 25.7 Å². The molecule has 0 amide bonds. The zero-order valence-corrected chi connectivity index (χ0v) is 15.9. The van der Waals surface area contributed by atoms with E-state index in [-0.39, 0.29) is 27.4 Å². The van der Waals surface area contributed by atoms with Gasteiger partial charge in [0.05, 0.1) is 15.6 Å². The number of halogens is 3. The summed E-state index contributed by atoms with van der Waals surface area (Å²) in [4.78, 5) is -0.186. The summed E-state index contributed by atoms with van der Waals surface area (Å²) in [5.41, 5.74) is -1.14. The van der Waals surface area contributed by atoms with Gasteiger partial charge in [0.15, 0.2) is 0 Å². The fourth-order valence-corrected chi connectivity index (χ4v) is 5.15. The van der Waals surface area contributed by atoms with E-state index in [1.807, 2.05) is 13.8 Å². The molecule has 4 nitrogen and oxygen atoms in total. The second-order valence-corrected chi connectivity index (χ2v) is 9.05. The van der Waals surface area contributed by atoms with Gasteiger partial charge in [-0.15, -0.1) is 0 Å². The van der Waals surface area contributed by atoms with Crippen LogP contribution in [-0.2, 0) is 10.0 Å². The van der Waals surface area contributed by atoms with Gasteiger partial charge < -0.3 is 5.11 Å². The molecular formula is C13H18BrCl2NO3S. The lowest BCUT2D eigenvalue weighted by Crippen LogP contribution is -2.41. The molecule has 0 radical (unpaired) electrons. The van der Waals surface area contributed by atoms with E-state index in [4.69, 9.17) is 23.2 Å². The van der Waals surface area contributed by atoms with Crippen LogP contribution in [0.2, 0.25) is 10.0 Å². The second kappa shape index (κ2) is 7.15. The molecule has 120 valence electrons. The Labute approximate surface area is 144 Å². The van der Waals surface area contributed by atoms with Crippen molar-refractivity contribution in [2.45, 2.75) is 37.7 Å². The van der Waals surface area contributed by atoms with E-state index in [9.17, 15) is 13.5 Å². The summed E-state index contributed by atoms with van der Waals surface area (Å²) in [6.45, 7) is 5.37. The third kappa shape index (κ3) is 5.69. The van der Waals surface area contributed by atoms with Gasteiger partial charge in [0.25, 0.3) is 0 Å². The monoisotopic (exact) mass is 417 g/mol. The van der Waals surface area contributed by atoms with E-state index in [1.165, 1.54) is 12.1 Å². The minimum absolute atomic E-state index is 0.0189. The van der Waals surface area contributed by atoms with Crippen molar-refractivity contribution in [1.29, 1.82) is 0 Å². The van der Waals surface area contributed by atoms with Crippen LogP contribution >= 0.6 is 39.1 Å². The Bertz CT molecular complexity index is 595. The van der Waals surface area contributed by atoms with Gasteiger partial charge in [-0.25, -0.2) is 13.1 Å². The highest BCUT2D eigenvalue weighted by Gasteiger charge is 2.27. The van der Waals surface area contributed by atoms with Gasteiger partial charge in [-0.2, -0.15) is 0 Å². The van der Waals surface area contributed by atoms with E-state index in [0.717, 1.165) is 0 Å². The van der Waals surface area contributed by atoms with E-state index in [1.54, 1.807) is 6.92 Å². The molecule has 1 aromatic carbocycles. The van der Waals surface area contributed by atoms with Crippen molar-refractivity contribution in [3.63, 3.8) is 0 Å². The number of rotatable bonds is 6. The molecule has 0 spiro atoms. The minimum atomic E-state index is -3.90. The molecule has 1 unspecified atom stereocenters. The van der Waals surface area contributed by atoms with Crippen molar-refractivity contribution in [2.24, 2.45) is 5.92 Å². The van der Waals surface area contributed by atoms with E-state index in [2.05, 4.69) is 20.7 Å².